The molecule has 25 heavy (non-hydrogen) atoms. The van der Waals surface area contributed by atoms with Crippen molar-refractivity contribution < 1.29 is 14.6 Å². The molecule has 2 aromatic carbocycles. The molecule has 1 unspecified atom stereocenters. The van der Waals surface area contributed by atoms with Crippen molar-refractivity contribution in [1.82, 2.24) is 4.90 Å². The largest absolute Gasteiger partial charge is 0.497 e. The highest BCUT2D eigenvalue weighted by Crippen LogP contribution is 2.36. The van der Waals surface area contributed by atoms with Gasteiger partial charge in [-0.2, -0.15) is 0 Å². The van der Waals surface area contributed by atoms with Crippen LogP contribution >= 0.6 is 0 Å². The van der Waals surface area contributed by atoms with Gasteiger partial charge in [0.2, 0.25) is 5.91 Å². The highest BCUT2D eigenvalue weighted by molar-refractivity contribution is 5.86. The Hall–Kier alpha value is -2.59. The number of carbonyl (C=O) groups excluding carboxylic acids is 1. The number of hydrogen-bond acceptors (Lipinski definition) is 3. The number of benzene rings is 2. The molecule has 0 saturated carbocycles. The zero-order valence-corrected chi connectivity index (χ0v) is 14.8. The number of nitrogens with zero attached hydrogens (tertiary/aromatic N) is 1. The lowest BCUT2D eigenvalue weighted by molar-refractivity contribution is -0.133. The Morgan fingerprint density at radius 3 is 2.52 bits per heavy atom. The van der Waals surface area contributed by atoms with E-state index >= 15 is 0 Å². The molecule has 0 radical (unpaired) electrons. The number of methoxy groups -OCH3 is 1. The second-order valence-corrected chi connectivity index (χ2v) is 6.41. The molecule has 0 aliphatic carbocycles. The van der Waals surface area contributed by atoms with Gasteiger partial charge in [0.25, 0.3) is 0 Å². The van der Waals surface area contributed by atoms with Gasteiger partial charge in [-0.15, -0.1) is 0 Å². The molecule has 0 aromatic heterocycles. The third-order valence-corrected chi connectivity index (χ3v) is 4.58. The van der Waals surface area contributed by atoms with Crippen LogP contribution in [0.5, 0.6) is 5.75 Å². The van der Waals surface area contributed by atoms with E-state index in [1.54, 1.807) is 7.11 Å². The Morgan fingerprint density at radius 2 is 1.92 bits per heavy atom. The van der Waals surface area contributed by atoms with Gasteiger partial charge >= 0.3 is 0 Å². The lowest BCUT2D eigenvalue weighted by Gasteiger charge is -2.36. The smallest absolute Gasteiger partial charge is 0.225 e. The Balaban J connectivity index is 2.04. The fourth-order valence-corrected chi connectivity index (χ4v) is 3.33. The van der Waals surface area contributed by atoms with Gasteiger partial charge in [-0.1, -0.05) is 42.0 Å². The SMILES string of the molecule is COc1ccc([C@H]2C=C(c3cccc(C)c3)N(C(C)=O)C(O)C2)cc1. The van der Waals surface area contributed by atoms with E-state index in [1.807, 2.05) is 55.5 Å². The van der Waals surface area contributed by atoms with Crippen LogP contribution in [0.2, 0.25) is 0 Å². The van der Waals surface area contributed by atoms with Gasteiger partial charge in [-0.05, 0) is 36.2 Å². The molecule has 4 heteroatoms. The van der Waals surface area contributed by atoms with E-state index < -0.39 is 6.23 Å². The summed E-state index contributed by atoms with van der Waals surface area (Å²) < 4.78 is 5.21. The third-order valence-electron chi connectivity index (χ3n) is 4.58. The summed E-state index contributed by atoms with van der Waals surface area (Å²) in [4.78, 5) is 13.6. The zero-order chi connectivity index (χ0) is 18.0. The fraction of sp³-hybridized carbons (Fsp3) is 0.286. The van der Waals surface area contributed by atoms with Gasteiger partial charge in [0.05, 0.1) is 12.8 Å². The van der Waals surface area contributed by atoms with Gasteiger partial charge in [0, 0.05) is 19.3 Å². The first-order chi connectivity index (χ1) is 12.0. The molecule has 0 spiro atoms. The summed E-state index contributed by atoms with van der Waals surface area (Å²) in [6.07, 6.45) is 1.71. The number of ether oxygens (including phenoxy) is 1. The van der Waals surface area contributed by atoms with Crippen LogP contribution in [0.3, 0.4) is 0 Å². The number of amides is 1. The Labute approximate surface area is 148 Å². The van der Waals surface area contributed by atoms with Gasteiger partial charge in [-0.3, -0.25) is 9.69 Å². The van der Waals surface area contributed by atoms with Crippen molar-refractivity contribution >= 4 is 11.6 Å². The number of rotatable bonds is 3. The van der Waals surface area contributed by atoms with Crippen LogP contribution in [0, 0.1) is 6.92 Å². The first-order valence-corrected chi connectivity index (χ1v) is 8.40. The highest BCUT2D eigenvalue weighted by atomic mass is 16.5. The minimum absolute atomic E-state index is 0.0343. The second kappa shape index (κ2) is 7.11. The van der Waals surface area contributed by atoms with E-state index in [4.69, 9.17) is 4.74 Å². The van der Waals surface area contributed by atoms with E-state index in [0.29, 0.717) is 6.42 Å². The molecule has 1 amide bonds. The van der Waals surface area contributed by atoms with Crippen LogP contribution in [0.15, 0.2) is 54.6 Å². The Bertz CT molecular complexity index is 795. The molecular formula is C21H23NO3. The summed E-state index contributed by atoms with van der Waals surface area (Å²) in [6.45, 7) is 3.50. The topological polar surface area (TPSA) is 49.8 Å². The molecule has 130 valence electrons. The molecule has 1 aliphatic heterocycles. The van der Waals surface area contributed by atoms with Crippen LogP contribution in [-0.2, 0) is 4.79 Å². The molecule has 0 fully saturated rings. The Morgan fingerprint density at radius 1 is 1.20 bits per heavy atom. The molecule has 1 aliphatic rings. The van der Waals surface area contributed by atoms with Crippen LogP contribution in [0.4, 0.5) is 0 Å². The molecule has 1 heterocycles. The Kier molecular flexibility index (Phi) is 4.91. The summed E-state index contributed by atoms with van der Waals surface area (Å²) in [5, 5.41) is 10.6. The maximum atomic E-state index is 12.1. The first-order valence-electron chi connectivity index (χ1n) is 8.40. The van der Waals surface area contributed by atoms with Gasteiger partial charge in [0.1, 0.15) is 12.0 Å². The molecule has 1 N–H and O–H groups in total. The number of hydrogen-bond donors (Lipinski definition) is 1. The van der Waals surface area contributed by atoms with E-state index in [9.17, 15) is 9.90 Å². The lowest BCUT2D eigenvalue weighted by atomic mass is 9.88. The van der Waals surface area contributed by atoms with E-state index in [0.717, 1.165) is 28.1 Å². The standard InChI is InChI=1S/C21H23NO3/c1-14-5-4-6-17(11-14)20-12-18(13-21(24)22(20)15(2)23)16-7-9-19(25-3)10-8-16/h4-12,18,21,24H,13H2,1-3H3/t18-,21?/m0/s1. The summed E-state index contributed by atoms with van der Waals surface area (Å²) in [6, 6.07) is 15.8. The predicted octanol–water partition coefficient (Wildman–Crippen LogP) is 3.70. The van der Waals surface area contributed by atoms with E-state index in [-0.39, 0.29) is 11.8 Å². The fourth-order valence-electron chi connectivity index (χ4n) is 3.33. The molecule has 2 atom stereocenters. The third kappa shape index (κ3) is 3.59. The number of allylic oxidation sites excluding steroid dienone is 1. The summed E-state index contributed by atoms with van der Waals surface area (Å²) in [5.74, 6) is 0.675. The van der Waals surface area contributed by atoms with Crippen molar-refractivity contribution in [3.05, 3.63) is 71.3 Å². The van der Waals surface area contributed by atoms with Crippen molar-refractivity contribution in [1.29, 1.82) is 0 Å². The minimum atomic E-state index is -0.842. The zero-order valence-electron chi connectivity index (χ0n) is 14.8. The molecule has 2 aromatic rings. The molecule has 4 nitrogen and oxygen atoms in total. The quantitative estimate of drug-likeness (QED) is 0.929. The maximum Gasteiger partial charge on any atom is 0.225 e. The normalized spacial score (nSPS) is 20.2. The number of aliphatic hydroxyl groups excluding tert-OH is 1. The van der Waals surface area contributed by atoms with Gasteiger partial charge < -0.3 is 9.84 Å². The van der Waals surface area contributed by atoms with Crippen molar-refractivity contribution in [2.45, 2.75) is 32.4 Å². The average Bonchev–Trinajstić information content (AvgIpc) is 2.60. The van der Waals surface area contributed by atoms with Gasteiger partial charge in [0.15, 0.2) is 0 Å². The van der Waals surface area contributed by atoms with Crippen LogP contribution in [-0.4, -0.2) is 29.3 Å². The van der Waals surface area contributed by atoms with E-state index in [1.165, 1.54) is 11.8 Å². The van der Waals surface area contributed by atoms with Crippen molar-refractivity contribution in [3.8, 4) is 5.75 Å². The monoisotopic (exact) mass is 337 g/mol. The van der Waals surface area contributed by atoms with E-state index in [2.05, 4.69) is 6.08 Å². The van der Waals surface area contributed by atoms with Crippen LogP contribution in [0.25, 0.3) is 5.70 Å². The highest BCUT2D eigenvalue weighted by Gasteiger charge is 2.31. The molecule has 0 bridgehead atoms. The molecular weight excluding hydrogens is 314 g/mol. The van der Waals surface area contributed by atoms with Crippen molar-refractivity contribution in [3.63, 3.8) is 0 Å². The summed E-state index contributed by atoms with van der Waals surface area (Å²) in [7, 11) is 1.64. The minimum Gasteiger partial charge on any atom is -0.497 e. The maximum absolute atomic E-state index is 12.1. The average molecular weight is 337 g/mol. The molecule has 0 saturated heterocycles. The van der Waals surface area contributed by atoms with Gasteiger partial charge in [-0.25, -0.2) is 0 Å². The second-order valence-electron chi connectivity index (χ2n) is 6.41. The number of aryl methyl sites for hydroxylation is 1. The first kappa shape index (κ1) is 17.2. The summed E-state index contributed by atoms with van der Waals surface area (Å²) in [5.41, 5.74) is 3.90. The summed E-state index contributed by atoms with van der Waals surface area (Å²) >= 11 is 0. The van der Waals surface area contributed by atoms with Crippen LogP contribution < -0.4 is 4.74 Å². The van der Waals surface area contributed by atoms with Crippen molar-refractivity contribution in [2.75, 3.05) is 7.11 Å². The molecule has 3 rings (SSSR count). The predicted molar refractivity (Wildman–Crippen MR) is 98.0 cm³/mol. The number of carbonyl (C=O) groups is 1. The lowest BCUT2D eigenvalue weighted by Crippen LogP contribution is -2.41. The van der Waals surface area contributed by atoms with Crippen molar-refractivity contribution in [2.24, 2.45) is 0 Å². The number of aliphatic hydroxyl groups is 1. The van der Waals surface area contributed by atoms with Crippen LogP contribution in [0.1, 0.15) is 36.0 Å².